The van der Waals surface area contributed by atoms with E-state index in [4.69, 9.17) is 4.94 Å². The maximum absolute atomic E-state index is 5.44. The molecule has 0 aliphatic carbocycles. The third-order valence-corrected chi connectivity index (χ3v) is 2.01. The van der Waals surface area contributed by atoms with Gasteiger partial charge in [0.05, 0.1) is 17.4 Å². The van der Waals surface area contributed by atoms with Crippen molar-refractivity contribution in [3.05, 3.63) is 11.4 Å². The molecule has 0 aromatic carbocycles. The predicted molar refractivity (Wildman–Crippen MR) is 44.2 cm³/mol. The summed E-state index contributed by atoms with van der Waals surface area (Å²) in [6, 6.07) is 0.398. The van der Waals surface area contributed by atoms with Crippen molar-refractivity contribution in [3.63, 3.8) is 0 Å². The van der Waals surface area contributed by atoms with Crippen LogP contribution in [0.5, 0.6) is 0 Å². The van der Waals surface area contributed by atoms with Gasteiger partial charge in [-0.15, -0.1) is 0 Å². The molecule has 0 amide bonds. The minimum Gasteiger partial charge on any atom is -0.235 e. The van der Waals surface area contributed by atoms with Crippen LogP contribution in [-0.4, -0.2) is 23.2 Å². The fourth-order valence-corrected chi connectivity index (χ4v) is 1.12. The standard InChI is InChI=1S/C8H16N2O/c1-6(2)10-8(4)7(3)9(5)11-10/h6H,1-5H3. The second kappa shape index (κ2) is 2.74. The first-order valence-corrected chi connectivity index (χ1v) is 3.92. The number of allylic oxidation sites excluding steroid dienone is 2. The lowest BCUT2D eigenvalue weighted by Crippen LogP contribution is -2.28. The number of rotatable bonds is 1. The van der Waals surface area contributed by atoms with Crippen LogP contribution in [0.2, 0.25) is 0 Å². The van der Waals surface area contributed by atoms with Crippen molar-refractivity contribution in [2.75, 3.05) is 7.05 Å². The smallest absolute Gasteiger partial charge is 0.0620 e. The lowest BCUT2D eigenvalue weighted by Gasteiger charge is -2.22. The summed E-state index contributed by atoms with van der Waals surface area (Å²) in [4.78, 5) is 5.44. The Morgan fingerprint density at radius 1 is 1.18 bits per heavy atom. The fraction of sp³-hybridized carbons (Fsp3) is 0.750. The van der Waals surface area contributed by atoms with E-state index >= 15 is 0 Å². The van der Waals surface area contributed by atoms with E-state index in [0.717, 1.165) is 0 Å². The summed E-state index contributed by atoms with van der Waals surface area (Å²) in [6.45, 7) is 8.34. The lowest BCUT2D eigenvalue weighted by atomic mass is 10.3. The maximum atomic E-state index is 5.44. The van der Waals surface area contributed by atoms with Gasteiger partial charge in [0.1, 0.15) is 0 Å². The van der Waals surface area contributed by atoms with Gasteiger partial charge in [-0.1, -0.05) is 0 Å². The van der Waals surface area contributed by atoms with Crippen LogP contribution in [0.3, 0.4) is 0 Å². The molecule has 0 aromatic rings. The van der Waals surface area contributed by atoms with Crippen molar-refractivity contribution < 1.29 is 4.94 Å². The molecule has 1 heterocycles. The molecular weight excluding hydrogens is 140 g/mol. The molecule has 0 bridgehead atoms. The van der Waals surface area contributed by atoms with Crippen molar-refractivity contribution in [3.8, 4) is 0 Å². The Kier molecular flexibility index (Phi) is 2.09. The second-order valence-corrected chi connectivity index (χ2v) is 3.17. The highest BCUT2D eigenvalue weighted by molar-refractivity contribution is 5.07. The predicted octanol–water partition coefficient (Wildman–Crippen LogP) is 1.74. The number of hydroxylamine groups is 4. The van der Waals surface area contributed by atoms with Crippen molar-refractivity contribution in [2.45, 2.75) is 33.7 Å². The summed E-state index contributed by atoms with van der Waals surface area (Å²) >= 11 is 0. The third kappa shape index (κ3) is 1.33. The van der Waals surface area contributed by atoms with Gasteiger partial charge in [0.25, 0.3) is 0 Å². The first-order chi connectivity index (χ1) is 5.04. The normalized spacial score (nSPS) is 19.1. The third-order valence-electron chi connectivity index (χ3n) is 2.01. The average Bonchev–Trinajstić information content (AvgIpc) is 2.17. The van der Waals surface area contributed by atoms with Gasteiger partial charge in [-0.2, -0.15) is 4.94 Å². The first-order valence-electron chi connectivity index (χ1n) is 3.92. The molecule has 0 fully saturated rings. The van der Waals surface area contributed by atoms with Gasteiger partial charge in [0, 0.05) is 7.05 Å². The van der Waals surface area contributed by atoms with Crippen LogP contribution in [0.15, 0.2) is 11.4 Å². The topological polar surface area (TPSA) is 15.7 Å². The highest BCUT2D eigenvalue weighted by Gasteiger charge is 2.23. The van der Waals surface area contributed by atoms with Crippen LogP contribution < -0.4 is 0 Å². The van der Waals surface area contributed by atoms with Gasteiger partial charge in [0.15, 0.2) is 0 Å². The Morgan fingerprint density at radius 3 is 1.91 bits per heavy atom. The van der Waals surface area contributed by atoms with Gasteiger partial charge in [-0.25, -0.2) is 10.1 Å². The molecule has 0 radical (unpaired) electrons. The zero-order chi connectivity index (χ0) is 8.59. The van der Waals surface area contributed by atoms with Crippen LogP contribution >= 0.6 is 0 Å². The van der Waals surface area contributed by atoms with E-state index in [2.05, 4.69) is 27.7 Å². The molecule has 1 aliphatic heterocycles. The maximum Gasteiger partial charge on any atom is 0.0620 e. The average molecular weight is 156 g/mol. The van der Waals surface area contributed by atoms with Crippen LogP contribution in [0.4, 0.5) is 0 Å². The molecule has 0 saturated carbocycles. The number of hydrogen-bond acceptors (Lipinski definition) is 3. The molecule has 3 nitrogen and oxygen atoms in total. The molecule has 1 aliphatic rings. The van der Waals surface area contributed by atoms with Gasteiger partial charge >= 0.3 is 0 Å². The van der Waals surface area contributed by atoms with Crippen molar-refractivity contribution >= 4 is 0 Å². The van der Waals surface area contributed by atoms with Gasteiger partial charge < -0.3 is 0 Å². The zero-order valence-electron chi connectivity index (χ0n) is 7.88. The summed E-state index contributed by atoms with van der Waals surface area (Å²) in [5.74, 6) is 0. The quantitative estimate of drug-likeness (QED) is 0.575. The van der Waals surface area contributed by atoms with Crippen molar-refractivity contribution in [1.82, 2.24) is 10.1 Å². The Bertz CT molecular complexity index is 187. The largest absolute Gasteiger partial charge is 0.235 e. The summed E-state index contributed by atoms with van der Waals surface area (Å²) < 4.78 is 0. The molecule has 0 saturated heterocycles. The fourth-order valence-electron chi connectivity index (χ4n) is 1.12. The van der Waals surface area contributed by atoms with Gasteiger partial charge in [-0.05, 0) is 27.7 Å². The second-order valence-electron chi connectivity index (χ2n) is 3.17. The Labute approximate surface area is 68.1 Å². The minimum atomic E-state index is 0.398. The molecule has 11 heavy (non-hydrogen) atoms. The van der Waals surface area contributed by atoms with E-state index in [1.54, 1.807) is 5.06 Å². The molecule has 64 valence electrons. The van der Waals surface area contributed by atoms with Crippen LogP contribution in [-0.2, 0) is 4.94 Å². The van der Waals surface area contributed by atoms with E-state index in [0.29, 0.717) is 6.04 Å². The number of hydrogen-bond donors (Lipinski definition) is 0. The lowest BCUT2D eigenvalue weighted by molar-refractivity contribution is -0.267. The van der Waals surface area contributed by atoms with Gasteiger partial charge in [-0.3, -0.25) is 0 Å². The molecule has 0 spiro atoms. The minimum absolute atomic E-state index is 0.398. The molecule has 3 heteroatoms. The SMILES string of the molecule is CC1=C(C)N(C(C)C)ON1C. The first kappa shape index (κ1) is 8.40. The highest BCUT2D eigenvalue weighted by Crippen LogP contribution is 2.24. The van der Waals surface area contributed by atoms with E-state index in [1.807, 2.05) is 12.1 Å². The summed E-state index contributed by atoms with van der Waals surface area (Å²) in [6.07, 6.45) is 0. The van der Waals surface area contributed by atoms with Crippen LogP contribution in [0.1, 0.15) is 27.7 Å². The van der Waals surface area contributed by atoms with Crippen LogP contribution in [0, 0.1) is 0 Å². The van der Waals surface area contributed by atoms with E-state index in [1.165, 1.54) is 11.4 Å². The molecule has 0 unspecified atom stereocenters. The summed E-state index contributed by atoms with van der Waals surface area (Å²) in [7, 11) is 1.92. The van der Waals surface area contributed by atoms with E-state index < -0.39 is 0 Å². The Balaban J connectivity index is 2.77. The summed E-state index contributed by atoms with van der Waals surface area (Å²) in [5, 5.41) is 3.70. The Morgan fingerprint density at radius 2 is 1.73 bits per heavy atom. The van der Waals surface area contributed by atoms with Crippen LogP contribution in [0.25, 0.3) is 0 Å². The van der Waals surface area contributed by atoms with Gasteiger partial charge in [0.2, 0.25) is 0 Å². The van der Waals surface area contributed by atoms with E-state index in [9.17, 15) is 0 Å². The molecule has 0 aromatic heterocycles. The van der Waals surface area contributed by atoms with Crippen molar-refractivity contribution in [1.29, 1.82) is 0 Å². The number of nitrogens with zero attached hydrogens (tertiary/aromatic N) is 2. The molecule has 1 rings (SSSR count). The van der Waals surface area contributed by atoms with E-state index in [-0.39, 0.29) is 0 Å². The highest BCUT2D eigenvalue weighted by atomic mass is 16.8. The monoisotopic (exact) mass is 156 g/mol. The molecule has 0 N–H and O–H groups in total. The Hall–Kier alpha value is -0.700. The molecule has 0 atom stereocenters. The summed E-state index contributed by atoms with van der Waals surface area (Å²) in [5.41, 5.74) is 2.38. The molecular formula is C8H16N2O. The zero-order valence-corrected chi connectivity index (χ0v) is 7.88. The van der Waals surface area contributed by atoms with Crippen molar-refractivity contribution in [2.24, 2.45) is 0 Å².